The number of hydrogen-bond acceptors (Lipinski definition) is 4. The number of nitrogens with one attached hydrogen (secondary N) is 1. The second kappa shape index (κ2) is 6.42. The number of ether oxygens (including phenoxy) is 1. The largest absolute Gasteiger partial charge is 0.381 e. The number of aromatic nitrogens is 2. The molecule has 0 bridgehead atoms. The van der Waals surface area contributed by atoms with E-state index in [4.69, 9.17) is 4.74 Å². The zero-order valence-corrected chi connectivity index (χ0v) is 11.4. The van der Waals surface area contributed by atoms with Crippen molar-refractivity contribution in [3.8, 4) is 0 Å². The lowest BCUT2D eigenvalue weighted by Gasteiger charge is -2.23. The average molecular weight is 255 g/mol. The fourth-order valence-corrected chi connectivity index (χ4v) is 2.95. The average Bonchev–Trinajstić information content (AvgIpc) is 2.65. The Morgan fingerprint density at radius 1 is 1.53 bits per heavy atom. The zero-order valence-electron chi connectivity index (χ0n) is 10.6. The summed E-state index contributed by atoms with van der Waals surface area (Å²) >= 11 is 1.86. The van der Waals surface area contributed by atoms with E-state index in [1.165, 1.54) is 5.03 Å². The van der Waals surface area contributed by atoms with Gasteiger partial charge in [-0.25, -0.2) is 0 Å². The van der Waals surface area contributed by atoms with Gasteiger partial charge in [0.25, 0.3) is 0 Å². The molecule has 0 radical (unpaired) electrons. The smallest absolute Gasteiger partial charge is 0.0939 e. The Morgan fingerprint density at radius 2 is 2.29 bits per heavy atom. The van der Waals surface area contributed by atoms with Gasteiger partial charge in [0.1, 0.15) is 0 Å². The van der Waals surface area contributed by atoms with Crippen molar-refractivity contribution in [2.24, 2.45) is 7.05 Å². The first-order valence-electron chi connectivity index (χ1n) is 6.20. The summed E-state index contributed by atoms with van der Waals surface area (Å²) in [6.07, 6.45) is 2.30. The monoisotopic (exact) mass is 255 g/mol. The molecule has 1 saturated heterocycles. The first-order valence-corrected chi connectivity index (χ1v) is 7.19. The van der Waals surface area contributed by atoms with Gasteiger partial charge in [-0.3, -0.25) is 4.68 Å². The highest BCUT2D eigenvalue weighted by Gasteiger charge is 2.12. The molecule has 5 heteroatoms. The van der Waals surface area contributed by atoms with Gasteiger partial charge in [-0.2, -0.15) is 5.10 Å². The van der Waals surface area contributed by atoms with Crippen molar-refractivity contribution in [2.75, 3.05) is 25.5 Å². The molecule has 4 nitrogen and oxygen atoms in total. The quantitative estimate of drug-likeness (QED) is 0.640. The SMILES string of the molecule is Cc1cc(SCCNC2CCOCC2)n(C)n1. The van der Waals surface area contributed by atoms with Crippen LogP contribution in [0.4, 0.5) is 0 Å². The number of nitrogens with zero attached hydrogens (tertiary/aromatic N) is 2. The first-order chi connectivity index (χ1) is 8.25. The molecule has 0 aromatic carbocycles. The van der Waals surface area contributed by atoms with Gasteiger partial charge in [0, 0.05) is 38.6 Å². The maximum absolute atomic E-state index is 5.34. The Balaban J connectivity index is 1.64. The standard InChI is InChI=1S/C12H21N3OS/c1-10-9-12(15(2)14-10)17-8-5-13-11-3-6-16-7-4-11/h9,11,13H,3-8H2,1-2H3. The van der Waals surface area contributed by atoms with Crippen molar-refractivity contribution in [1.29, 1.82) is 0 Å². The van der Waals surface area contributed by atoms with Gasteiger partial charge < -0.3 is 10.1 Å². The van der Waals surface area contributed by atoms with Gasteiger partial charge in [-0.1, -0.05) is 0 Å². The van der Waals surface area contributed by atoms with E-state index < -0.39 is 0 Å². The number of rotatable bonds is 5. The highest BCUT2D eigenvalue weighted by atomic mass is 32.2. The van der Waals surface area contributed by atoms with Crippen LogP contribution in [-0.2, 0) is 11.8 Å². The van der Waals surface area contributed by atoms with E-state index in [1.54, 1.807) is 0 Å². The fraction of sp³-hybridized carbons (Fsp3) is 0.750. The van der Waals surface area contributed by atoms with Crippen LogP contribution in [0.1, 0.15) is 18.5 Å². The Hall–Kier alpha value is -0.520. The van der Waals surface area contributed by atoms with Gasteiger partial charge >= 0.3 is 0 Å². The molecule has 17 heavy (non-hydrogen) atoms. The molecule has 96 valence electrons. The number of hydrogen-bond donors (Lipinski definition) is 1. The predicted molar refractivity (Wildman–Crippen MR) is 70.5 cm³/mol. The van der Waals surface area contributed by atoms with Crippen LogP contribution in [0, 0.1) is 6.92 Å². The molecule has 0 amide bonds. The topological polar surface area (TPSA) is 39.1 Å². The minimum Gasteiger partial charge on any atom is -0.381 e. The van der Waals surface area contributed by atoms with Gasteiger partial charge in [0.15, 0.2) is 0 Å². The van der Waals surface area contributed by atoms with Crippen molar-refractivity contribution in [3.05, 3.63) is 11.8 Å². The molecular weight excluding hydrogens is 234 g/mol. The van der Waals surface area contributed by atoms with Gasteiger partial charge in [0.05, 0.1) is 10.7 Å². The molecule has 1 aromatic rings. The second-order valence-electron chi connectivity index (χ2n) is 4.44. The normalized spacial score (nSPS) is 17.5. The van der Waals surface area contributed by atoms with Crippen LogP contribution in [0.5, 0.6) is 0 Å². The van der Waals surface area contributed by atoms with E-state index in [2.05, 4.69) is 16.5 Å². The summed E-state index contributed by atoms with van der Waals surface area (Å²) in [4.78, 5) is 0. The van der Waals surface area contributed by atoms with Crippen molar-refractivity contribution in [2.45, 2.75) is 30.8 Å². The van der Waals surface area contributed by atoms with E-state index in [-0.39, 0.29) is 0 Å². The third-order valence-electron chi connectivity index (χ3n) is 2.97. The molecule has 2 heterocycles. The van der Waals surface area contributed by atoms with E-state index in [9.17, 15) is 0 Å². The second-order valence-corrected chi connectivity index (χ2v) is 5.55. The molecule has 1 aliphatic rings. The maximum atomic E-state index is 5.34. The molecule has 0 aliphatic carbocycles. The summed E-state index contributed by atoms with van der Waals surface area (Å²) in [5.74, 6) is 1.09. The van der Waals surface area contributed by atoms with Crippen molar-refractivity contribution in [1.82, 2.24) is 15.1 Å². The molecule has 0 unspecified atom stereocenters. The van der Waals surface area contributed by atoms with Crippen LogP contribution >= 0.6 is 11.8 Å². The lowest BCUT2D eigenvalue weighted by atomic mass is 10.1. The van der Waals surface area contributed by atoms with Crippen LogP contribution in [0.2, 0.25) is 0 Å². The summed E-state index contributed by atoms with van der Waals surface area (Å²) in [5, 5.41) is 9.17. The van der Waals surface area contributed by atoms with Crippen LogP contribution < -0.4 is 5.32 Å². The van der Waals surface area contributed by atoms with E-state index in [0.29, 0.717) is 6.04 Å². The summed E-state index contributed by atoms with van der Waals surface area (Å²) in [6.45, 7) is 4.90. The minimum absolute atomic E-state index is 0.651. The van der Waals surface area contributed by atoms with Gasteiger partial charge in [-0.15, -0.1) is 11.8 Å². The van der Waals surface area contributed by atoms with E-state index in [0.717, 1.165) is 44.0 Å². The fourth-order valence-electron chi connectivity index (χ4n) is 2.04. The maximum Gasteiger partial charge on any atom is 0.0939 e. The van der Waals surface area contributed by atoms with E-state index in [1.807, 2.05) is 30.4 Å². The molecule has 0 atom stereocenters. The molecule has 1 aliphatic heterocycles. The Kier molecular flexibility index (Phi) is 4.88. The van der Waals surface area contributed by atoms with Gasteiger partial charge in [0.2, 0.25) is 0 Å². The van der Waals surface area contributed by atoms with Gasteiger partial charge in [-0.05, 0) is 25.8 Å². The zero-order chi connectivity index (χ0) is 12.1. The Morgan fingerprint density at radius 3 is 2.94 bits per heavy atom. The molecule has 0 saturated carbocycles. The Bertz CT molecular complexity index is 348. The lowest BCUT2D eigenvalue weighted by molar-refractivity contribution is 0.0786. The molecule has 1 fully saturated rings. The molecular formula is C12H21N3OS. The number of thioether (sulfide) groups is 1. The third kappa shape index (κ3) is 4.01. The first kappa shape index (κ1) is 12.9. The van der Waals surface area contributed by atoms with Crippen molar-refractivity contribution in [3.63, 3.8) is 0 Å². The van der Waals surface area contributed by atoms with Crippen LogP contribution in [0.3, 0.4) is 0 Å². The van der Waals surface area contributed by atoms with Crippen LogP contribution in [-0.4, -0.2) is 41.3 Å². The van der Waals surface area contributed by atoms with Crippen LogP contribution in [0.25, 0.3) is 0 Å². The summed E-state index contributed by atoms with van der Waals surface area (Å²) in [5.41, 5.74) is 1.09. The minimum atomic E-state index is 0.651. The highest BCUT2D eigenvalue weighted by Crippen LogP contribution is 2.17. The van der Waals surface area contributed by atoms with Crippen molar-refractivity contribution < 1.29 is 4.74 Å². The molecule has 2 rings (SSSR count). The van der Waals surface area contributed by atoms with E-state index >= 15 is 0 Å². The Labute approximate surface area is 107 Å². The van der Waals surface area contributed by atoms with Crippen LogP contribution in [0.15, 0.2) is 11.1 Å². The summed E-state index contributed by atoms with van der Waals surface area (Å²) in [7, 11) is 2.00. The third-order valence-corrected chi connectivity index (χ3v) is 4.05. The van der Waals surface area contributed by atoms with Crippen molar-refractivity contribution >= 4 is 11.8 Å². The number of aryl methyl sites for hydroxylation is 2. The predicted octanol–water partition coefficient (Wildman–Crippen LogP) is 1.59. The highest BCUT2D eigenvalue weighted by molar-refractivity contribution is 7.99. The molecule has 1 N–H and O–H groups in total. The lowest BCUT2D eigenvalue weighted by Crippen LogP contribution is -2.36. The molecule has 0 spiro atoms. The molecule has 1 aromatic heterocycles. The summed E-state index contributed by atoms with van der Waals surface area (Å²) < 4.78 is 7.29. The summed E-state index contributed by atoms with van der Waals surface area (Å²) in [6, 6.07) is 2.79.